The molecule has 0 radical (unpaired) electrons. The van der Waals surface area contributed by atoms with E-state index in [1.165, 1.54) is 0 Å². The number of benzene rings is 1. The van der Waals surface area contributed by atoms with Crippen LogP contribution < -0.4 is 4.74 Å². The van der Waals surface area contributed by atoms with E-state index in [1.807, 2.05) is 30.5 Å². The van der Waals surface area contributed by atoms with E-state index in [0.717, 1.165) is 55.9 Å². The monoisotopic (exact) mass is 333 g/mol. The van der Waals surface area contributed by atoms with Crippen LogP contribution in [0.4, 0.5) is 0 Å². The molecule has 0 unspecified atom stereocenters. The van der Waals surface area contributed by atoms with Crippen molar-refractivity contribution in [2.24, 2.45) is 0 Å². The van der Waals surface area contributed by atoms with E-state index in [0.29, 0.717) is 6.54 Å². The van der Waals surface area contributed by atoms with Gasteiger partial charge in [-0.1, -0.05) is 13.0 Å². The van der Waals surface area contributed by atoms with Gasteiger partial charge in [-0.25, -0.2) is 10.0 Å². The Labute approximate surface area is 142 Å². The molecular weight excluding hydrogens is 306 g/mol. The maximum absolute atomic E-state index is 10.4. The summed E-state index contributed by atoms with van der Waals surface area (Å²) in [5.74, 6) is 0.807. The molecule has 1 aliphatic rings. The molecule has 132 valence electrons. The van der Waals surface area contributed by atoms with Crippen LogP contribution in [0.1, 0.15) is 13.3 Å². The zero-order valence-electron chi connectivity index (χ0n) is 14.3. The maximum atomic E-state index is 10.4. The number of fused-ring (bicyclic) bond motifs is 1. The van der Waals surface area contributed by atoms with Crippen molar-refractivity contribution in [2.75, 3.05) is 46.0 Å². The van der Waals surface area contributed by atoms with Gasteiger partial charge in [-0.2, -0.15) is 0 Å². The molecule has 0 aliphatic carbocycles. The van der Waals surface area contributed by atoms with Gasteiger partial charge in [-0.05, 0) is 24.6 Å². The number of H-pyrrole nitrogens is 1. The normalized spacial score (nSPS) is 17.5. The molecule has 6 nitrogen and oxygen atoms in total. The minimum atomic E-state index is -0.534. The van der Waals surface area contributed by atoms with Gasteiger partial charge in [-0.3, -0.25) is 0 Å². The number of rotatable bonds is 8. The van der Waals surface area contributed by atoms with E-state index in [4.69, 9.17) is 9.47 Å². The third-order valence-corrected chi connectivity index (χ3v) is 4.28. The number of hydrogen-bond donors (Lipinski definition) is 2. The predicted molar refractivity (Wildman–Crippen MR) is 94.1 cm³/mol. The van der Waals surface area contributed by atoms with E-state index < -0.39 is 6.10 Å². The molecule has 1 atom stereocenters. The van der Waals surface area contributed by atoms with Crippen LogP contribution in [-0.4, -0.2) is 72.2 Å². The fourth-order valence-corrected chi connectivity index (χ4v) is 3.11. The van der Waals surface area contributed by atoms with Gasteiger partial charge < -0.3 is 19.6 Å². The number of aliphatic hydroxyl groups excluding tert-OH is 1. The second kappa shape index (κ2) is 8.48. The average molecular weight is 333 g/mol. The number of nitrogens with zero attached hydrogens (tertiary/aromatic N) is 2. The van der Waals surface area contributed by atoms with Crippen molar-refractivity contribution in [3.8, 4) is 5.75 Å². The second-order valence-electron chi connectivity index (χ2n) is 6.14. The number of ether oxygens (including phenoxy) is 2. The molecule has 1 saturated heterocycles. The smallest absolute Gasteiger partial charge is 0.128 e. The minimum Gasteiger partial charge on any atom is -0.490 e. The van der Waals surface area contributed by atoms with Gasteiger partial charge in [0, 0.05) is 43.3 Å². The summed E-state index contributed by atoms with van der Waals surface area (Å²) in [6, 6.07) is 7.90. The molecule has 0 amide bonds. The van der Waals surface area contributed by atoms with E-state index in [9.17, 15) is 5.11 Å². The summed E-state index contributed by atoms with van der Waals surface area (Å²) in [7, 11) is 0. The summed E-state index contributed by atoms with van der Waals surface area (Å²) < 4.78 is 11.3. The van der Waals surface area contributed by atoms with Crippen molar-refractivity contribution in [3.05, 3.63) is 30.5 Å². The quantitative estimate of drug-likeness (QED) is 0.772. The summed E-state index contributed by atoms with van der Waals surface area (Å²) in [6.45, 7) is 7.23. The van der Waals surface area contributed by atoms with Crippen molar-refractivity contribution in [1.82, 2.24) is 15.0 Å². The topological polar surface area (TPSA) is 61.0 Å². The lowest BCUT2D eigenvalue weighted by Gasteiger charge is -2.38. The maximum Gasteiger partial charge on any atom is 0.128 e. The molecule has 0 spiro atoms. The molecule has 1 aromatic carbocycles. The summed E-state index contributed by atoms with van der Waals surface area (Å²) in [6.07, 6.45) is 2.41. The lowest BCUT2D eigenvalue weighted by molar-refractivity contribution is -0.107. The second-order valence-corrected chi connectivity index (χ2v) is 6.14. The highest BCUT2D eigenvalue weighted by atomic mass is 16.5. The number of hydrogen-bond acceptors (Lipinski definition) is 5. The number of aliphatic hydroxyl groups is 1. The Balaban J connectivity index is 1.55. The zero-order valence-corrected chi connectivity index (χ0v) is 14.3. The van der Waals surface area contributed by atoms with Crippen LogP contribution in [-0.2, 0) is 4.74 Å². The molecule has 1 aromatic heterocycles. The first-order valence-electron chi connectivity index (χ1n) is 8.72. The Morgan fingerprint density at radius 3 is 2.96 bits per heavy atom. The van der Waals surface area contributed by atoms with Crippen LogP contribution in [0.3, 0.4) is 0 Å². The van der Waals surface area contributed by atoms with Gasteiger partial charge in [0.1, 0.15) is 18.5 Å². The highest BCUT2D eigenvalue weighted by Crippen LogP contribution is 2.24. The van der Waals surface area contributed by atoms with Gasteiger partial charge in [-0.15, -0.1) is 0 Å². The van der Waals surface area contributed by atoms with Crippen molar-refractivity contribution in [3.63, 3.8) is 0 Å². The third kappa shape index (κ3) is 4.27. The van der Waals surface area contributed by atoms with Gasteiger partial charge in [0.05, 0.1) is 13.2 Å². The molecule has 2 aromatic rings. The van der Waals surface area contributed by atoms with E-state index in [1.54, 1.807) is 0 Å². The Bertz CT molecular complexity index is 625. The summed E-state index contributed by atoms with van der Waals surface area (Å²) >= 11 is 0. The van der Waals surface area contributed by atoms with Crippen molar-refractivity contribution in [2.45, 2.75) is 19.4 Å². The highest BCUT2D eigenvalue weighted by Gasteiger charge is 2.21. The molecule has 2 heterocycles. The number of hydrazine groups is 1. The average Bonchev–Trinajstić information content (AvgIpc) is 3.09. The fraction of sp³-hybridized carbons (Fsp3) is 0.556. The fourth-order valence-electron chi connectivity index (χ4n) is 3.11. The van der Waals surface area contributed by atoms with Crippen LogP contribution in [0.25, 0.3) is 10.9 Å². The van der Waals surface area contributed by atoms with Crippen molar-refractivity contribution >= 4 is 10.9 Å². The van der Waals surface area contributed by atoms with Gasteiger partial charge in [0.15, 0.2) is 0 Å². The molecule has 3 rings (SSSR count). The van der Waals surface area contributed by atoms with E-state index >= 15 is 0 Å². The minimum absolute atomic E-state index is 0.287. The molecule has 0 bridgehead atoms. The standard InChI is InChI=1S/C18H27N3O3/c1-2-8-21(20-9-11-23-12-10-20)13-15(22)14-24-18-5-3-4-17-16(18)6-7-19-17/h3-7,15,19,22H,2,8-14H2,1H3/t15-/m0/s1. The Morgan fingerprint density at radius 2 is 2.17 bits per heavy atom. The molecule has 2 N–H and O–H groups in total. The highest BCUT2D eigenvalue weighted by molar-refractivity contribution is 5.85. The SMILES string of the molecule is CCCN(C[C@H](O)COc1cccc2[nH]ccc12)N1CCOCC1. The Hall–Kier alpha value is -1.60. The summed E-state index contributed by atoms with van der Waals surface area (Å²) in [5, 5.41) is 16.0. The van der Waals surface area contributed by atoms with E-state index in [2.05, 4.69) is 21.9 Å². The third-order valence-electron chi connectivity index (χ3n) is 4.28. The Morgan fingerprint density at radius 1 is 1.33 bits per heavy atom. The van der Waals surface area contributed by atoms with Gasteiger partial charge in [0.2, 0.25) is 0 Å². The number of aromatic nitrogens is 1. The van der Waals surface area contributed by atoms with Crippen LogP contribution in [0.2, 0.25) is 0 Å². The molecular formula is C18H27N3O3. The lowest BCUT2D eigenvalue weighted by Crippen LogP contribution is -2.52. The first-order chi connectivity index (χ1) is 11.8. The number of aromatic amines is 1. The summed E-state index contributed by atoms with van der Waals surface area (Å²) in [5.41, 5.74) is 1.04. The van der Waals surface area contributed by atoms with Crippen LogP contribution in [0, 0.1) is 0 Å². The lowest BCUT2D eigenvalue weighted by atomic mass is 10.2. The molecule has 1 fully saturated rings. The molecule has 24 heavy (non-hydrogen) atoms. The molecule has 0 saturated carbocycles. The summed E-state index contributed by atoms with van der Waals surface area (Å²) in [4.78, 5) is 3.17. The van der Waals surface area contributed by atoms with Crippen LogP contribution >= 0.6 is 0 Å². The number of nitrogens with one attached hydrogen (secondary N) is 1. The molecule has 1 aliphatic heterocycles. The predicted octanol–water partition coefficient (Wildman–Crippen LogP) is 1.87. The van der Waals surface area contributed by atoms with Crippen LogP contribution in [0.15, 0.2) is 30.5 Å². The van der Waals surface area contributed by atoms with Gasteiger partial charge in [0.25, 0.3) is 0 Å². The van der Waals surface area contributed by atoms with Crippen LogP contribution in [0.5, 0.6) is 5.75 Å². The first kappa shape index (κ1) is 17.2. The zero-order chi connectivity index (χ0) is 16.8. The van der Waals surface area contributed by atoms with Crippen molar-refractivity contribution < 1.29 is 14.6 Å². The first-order valence-corrected chi connectivity index (χ1v) is 8.72. The largest absolute Gasteiger partial charge is 0.490 e. The van der Waals surface area contributed by atoms with E-state index in [-0.39, 0.29) is 6.61 Å². The van der Waals surface area contributed by atoms with Gasteiger partial charge >= 0.3 is 0 Å². The van der Waals surface area contributed by atoms with Crippen molar-refractivity contribution in [1.29, 1.82) is 0 Å². The Kier molecular flexibility index (Phi) is 6.09. The number of morpholine rings is 1. The molecule has 6 heteroatoms.